The molecule has 0 spiro atoms. The van der Waals surface area contributed by atoms with E-state index < -0.39 is 0 Å². The van der Waals surface area contributed by atoms with Gasteiger partial charge < -0.3 is 9.64 Å². The number of hydrogen-bond acceptors (Lipinski definition) is 4. The summed E-state index contributed by atoms with van der Waals surface area (Å²) < 4.78 is 5.56. The van der Waals surface area contributed by atoms with Crippen molar-refractivity contribution in [2.24, 2.45) is 5.92 Å². The van der Waals surface area contributed by atoms with Gasteiger partial charge in [0.2, 0.25) is 5.91 Å². The Bertz CT molecular complexity index is 488. The summed E-state index contributed by atoms with van der Waals surface area (Å²) >= 11 is 1.68. The van der Waals surface area contributed by atoms with Gasteiger partial charge in [-0.2, -0.15) is 0 Å². The highest BCUT2D eigenvalue weighted by Crippen LogP contribution is 2.40. The van der Waals surface area contributed by atoms with Gasteiger partial charge in [-0.25, -0.2) is 4.98 Å². The fraction of sp³-hybridized carbons (Fsp3) is 0.733. The predicted molar refractivity (Wildman–Crippen MR) is 78.7 cm³/mol. The standard InChI is InChI=1S/C15H22N2O2S/c1-3-19-13-8-11(13)15(18)17-7-5-4-6-12(17)14-16-10(2)9-20-14/h9,11-13H,3-8H2,1-2H3/t11-,12-,13+/m0/s1. The smallest absolute Gasteiger partial charge is 0.229 e. The Labute approximate surface area is 124 Å². The van der Waals surface area contributed by atoms with Crippen molar-refractivity contribution in [3.05, 3.63) is 16.1 Å². The van der Waals surface area contributed by atoms with Crippen molar-refractivity contribution >= 4 is 17.2 Å². The Balaban J connectivity index is 1.71. The number of thiazole rings is 1. The lowest BCUT2D eigenvalue weighted by Gasteiger charge is -2.34. The predicted octanol–water partition coefficient (Wildman–Crippen LogP) is 2.93. The average molecular weight is 294 g/mol. The van der Waals surface area contributed by atoms with Crippen molar-refractivity contribution < 1.29 is 9.53 Å². The highest BCUT2D eigenvalue weighted by atomic mass is 32.1. The zero-order valence-electron chi connectivity index (χ0n) is 12.2. The van der Waals surface area contributed by atoms with Crippen LogP contribution in [0.1, 0.15) is 49.4 Å². The second-order valence-electron chi connectivity index (χ2n) is 5.71. The summed E-state index contributed by atoms with van der Waals surface area (Å²) in [6.45, 7) is 5.57. The molecule has 3 rings (SSSR count). The minimum Gasteiger partial charge on any atom is -0.378 e. The van der Waals surface area contributed by atoms with E-state index >= 15 is 0 Å². The van der Waals surface area contributed by atoms with Crippen LogP contribution >= 0.6 is 11.3 Å². The highest BCUT2D eigenvalue weighted by molar-refractivity contribution is 7.09. The van der Waals surface area contributed by atoms with Crippen molar-refractivity contribution in [2.45, 2.75) is 51.7 Å². The summed E-state index contributed by atoms with van der Waals surface area (Å²) in [5, 5.41) is 3.18. The second kappa shape index (κ2) is 5.82. The molecule has 1 saturated carbocycles. The summed E-state index contributed by atoms with van der Waals surface area (Å²) in [7, 11) is 0. The van der Waals surface area contributed by atoms with Crippen molar-refractivity contribution in [1.82, 2.24) is 9.88 Å². The molecular weight excluding hydrogens is 272 g/mol. The van der Waals surface area contributed by atoms with Crippen molar-refractivity contribution in [2.75, 3.05) is 13.2 Å². The van der Waals surface area contributed by atoms with E-state index in [2.05, 4.69) is 15.3 Å². The first kappa shape index (κ1) is 14.0. The second-order valence-corrected chi connectivity index (χ2v) is 6.60. The van der Waals surface area contributed by atoms with Crippen molar-refractivity contribution in [3.8, 4) is 0 Å². The van der Waals surface area contributed by atoms with E-state index in [4.69, 9.17) is 4.74 Å². The normalized spacial score (nSPS) is 29.5. The van der Waals surface area contributed by atoms with Crippen LogP contribution in [-0.4, -0.2) is 35.0 Å². The molecule has 1 aromatic heterocycles. The minimum absolute atomic E-state index is 0.0941. The van der Waals surface area contributed by atoms with Crippen molar-refractivity contribution in [1.29, 1.82) is 0 Å². The third kappa shape index (κ3) is 2.74. The van der Waals surface area contributed by atoms with Gasteiger partial charge in [0.15, 0.2) is 0 Å². The summed E-state index contributed by atoms with van der Waals surface area (Å²) in [5.41, 5.74) is 1.06. The molecule has 0 unspecified atom stereocenters. The van der Waals surface area contributed by atoms with Gasteiger partial charge in [-0.05, 0) is 39.5 Å². The van der Waals surface area contributed by atoms with Crippen molar-refractivity contribution in [3.63, 3.8) is 0 Å². The van der Waals surface area contributed by atoms with E-state index in [0.29, 0.717) is 6.61 Å². The van der Waals surface area contributed by atoms with E-state index in [0.717, 1.165) is 36.5 Å². The monoisotopic (exact) mass is 294 g/mol. The lowest BCUT2D eigenvalue weighted by atomic mass is 10.0. The van der Waals surface area contributed by atoms with Crippen LogP contribution in [0.5, 0.6) is 0 Å². The summed E-state index contributed by atoms with van der Waals surface area (Å²) in [4.78, 5) is 19.3. The molecule has 1 aliphatic heterocycles. The molecule has 1 aromatic rings. The van der Waals surface area contributed by atoms with E-state index in [9.17, 15) is 4.79 Å². The third-order valence-electron chi connectivity index (χ3n) is 4.14. The molecule has 1 aliphatic carbocycles. The number of hydrogen-bond donors (Lipinski definition) is 0. The molecule has 20 heavy (non-hydrogen) atoms. The largest absolute Gasteiger partial charge is 0.378 e. The quantitative estimate of drug-likeness (QED) is 0.857. The molecule has 2 fully saturated rings. The zero-order chi connectivity index (χ0) is 14.1. The summed E-state index contributed by atoms with van der Waals surface area (Å²) in [6.07, 6.45) is 4.40. The molecule has 110 valence electrons. The van der Waals surface area contributed by atoms with E-state index in [1.165, 1.54) is 6.42 Å². The number of aryl methyl sites for hydroxylation is 1. The number of likely N-dealkylation sites (tertiary alicyclic amines) is 1. The minimum atomic E-state index is 0.0941. The Hall–Kier alpha value is -0.940. The van der Waals surface area contributed by atoms with Crippen LogP contribution in [0, 0.1) is 12.8 Å². The fourth-order valence-corrected chi connectivity index (χ4v) is 3.96. The molecule has 0 N–H and O–H groups in total. The molecule has 0 aromatic carbocycles. The molecule has 0 radical (unpaired) electrons. The summed E-state index contributed by atoms with van der Waals surface area (Å²) in [6, 6.07) is 0.192. The maximum Gasteiger partial charge on any atom is 0.229 e. The van der Waals surface area contributed by atoms with Crippen LogP contribution in [0.15, 0.2) is 5.38 Å². The SMILES string of the molecule is CCO[C@@H]1C[C@@H]1C(=O)N1CCCC[C@H]1c1nc(C)cs1. The molecule has 4 nitrogen and oxygen atoms in total. The van der Waals surface area contributed by atoms with Gasteiger partial charge in [0.25, 0.3) is 0 Å². The number of ether oxygens (including phenoxy) is 1. The highest BCUT2D eigenvalue weighted by Gasteiger charge is 2.47. The van der Waals surface area contributed by atoms with Gasteiger partial charge in [-0.15, -0.1) is 11.3 Å². The van der Waals surface area contributed by atoms with E-state index in [1.807, 2.05) is 13.8 Å². The maximum absolute atomic E-state index is 12.7. The molecule has 0 bridgehead atoms. The lowest BCUT2D eigenvalue weighted by Crippen LogP contribution is -2.40. The number of carbonyl (C=O) groups excluding carboxylic acids is 1. The molecule has 2 aliphatic rings. The number of piperidine rings is 1. The molecule has 5 heteroatoms. The molecule has 1 saturated heterocycles. The number of aromatic nitrogens is 1. The Kier molecular flexibility index (Phi) is 4.08. The van der Waals surface area contributed by atoms with Crippen LogP contribution < -0.4 is 0 Å². The first-order valence-electron chi connectivity index (χ1n) is 7.54. The molecule has 3 atom stereocenters. The number of rotatable bonds is 4. The van der Waals surface area contributed by atoms with Gasteiger partial charge in [-0.3, -0.25) is 4.79 Å². The number of amides is 1. The first-order chi connectivity index (χ1) is 9.70. The van der Waals surface area contributed by atoms with Gasteiger partial charge in [0, 0.05) is 24.2 Å². The Morgan fingerprint density at radius 2 is 2.40 bits per heavy atom. The van der Waals surface area contributed by atoms with Crippen LogP contribution in [0.25, 0.3) is 0 Å². The third-order valence-corrected chi connectivity index (χ3v) is 5.20. The van der Waals surface area contributed by atoms with Crippen LogP contribution in [0.4, 0.5) is 0 Å². The lowest BCUT2D eigenvalue weighted by molar-refractivity contribution is -0.137. The fourth-order valence-electron chi connectivity index (χ4n) is 3.02. The van der Waals surface area contributed by atoms with Gasteiger partial charge in [0.1, 0.15) is 5.01 Å². The van der Waals surface area contributed by atoms with Gasteiger partial charge in [-0.1, -0.05) is 0 Å². The maximum atomic E-state index is 12.7. The molecular formula is C15H22N2O2S. The zero-order valence-corrected chi connectivity index (χ0v) is 13.0. The molecule has 2 heterocycles. The average Bonchev–Trinajstić information content (AvgIpc) is 3.09. The van der Waals surface area contributed by atoms with Crippen LogP contribution in [0.2, 0.25) is 0 Å². The first-order valence-corrected chi connectivity index (χ1v) is 8.42. The van der Waals surface area contributed by atoms with Gasteiger partial charge >= 0.3 is 0 Å². The van der Waals surface area contributed by atoms with E-state index in [1.54, 1.807) is 11.3 Å². The van der Waals surface area contributed by atoms with Gasteiger partial charge in [0.05, 0.1) is 18.1 Å². The number of carbonyl (C=O) groups is 1. The van der Waals surface area contributed by atoms with Crippen LogP contribution in [-0.2, 0) is 9.53 Å². The summed E-state index contributed by atoms with van der Waals surface area (Å²) in [5.74, 6) is 0.373. The van der Waals surface area contributed by atoms with E-state index in [-0.39, 0.29) is 24.0 Å². The van der Waals surface area contributed by atoms with Crippen LogP contribution in [0.3, 0.4) is 0 Å². The Morgan fingerprint density at radius 1 is 1.55 bits per heavy atom. The number of nitrogens with zero attached hydrogens (tertiary/aromatic N) is 2. The Morgan fingerprint density at radius 3 is 3.10 bits per heavy atom. The molecule has 1 amide bonds. The topological polar surface area (TPSA) is 42.4 Å².